The lowest BCUT2D eigenvalue weighted by Crippen LogP contribution is -2.62. The molecule has 0 unspecified atom stereocenters. The second-order valence-electron chi connectivity index (χ2n) is 20.4. The summed E-state index contributed by atoms with van der Waals surface area (Å²) in [6, 6.07) is 8.47. The molecule has 2 aromatic heterocycles. The van der Waals surface area contributed by atoms with Crippen molar-refractivity contribution < 1.29 is 82.4 Å². The van der Waals surface area contributed by atoms with E-state index in [2.05, 4.69) is 51.9 Å². The van der Waals surface area contributed by atoms with Crippen molar-refractivity contribution in [1.82, 2.24) is 40.7 Å². The van der Waals surface area contributed by atoms with Gasteiger partial charge in [-0.25, -0.2) is 32.3 Å². The van der Waals surface area contributed by atoms with Gasteiger partial charge in [-0.15, -0.1) is 0 Å². The number of morpholine rings is 1. The predicted octanol–water partition coefficient (Wildman–Crippen LogP) is 6.41. The molecule has 4 heterocycles. The first-order chi connectivity index (χ1) is 37.5. The van der Waals surface area contributed by atoms with Gasteiger partial charge in [0.15, 0.2) is 0 Å². The van der Waals surface area contributed by atoms with E-state index in [1.165, 1.54) is 18.2 Å². The van der Waals surface area contributed by atoms with Crippen LogP contribution in [0.15, 0.2) is 67.0 Å². The van der Waals surface area contributed by atoms with Crippen LogP contribution in [-0.4, -0.2) is 157 Å². The summed E-state index contributed by atoms with van der Waals surface area (Å²) in [6.45, 7) is 4.00. The first-order valence-corrected chi connectivity index (χ1v) is 25.0. The van der Waals surface area contributed by atoms with Crippen molar-refractivity contribution in [3.63, 3.8) is 0 Å². The molecule has 2 aliphatic rings. The van der Waals surface area contributed by atoms with E-state index in [-0.39, 0.29) is 22.9 Å². The number of ether oxygens (including phenoxy) is 3. The molecule has 436 valence electrons. The van der Waals surface area contributed by atoms with Crippen LogP contribution in [0.3, 0.4) is 0 Å². The number of nitrogens with zero attached hydrogens (tertiary/aromatic N) is 6. The highest BCUT2D eigenvalue weighted by Gasteiger charge is 2.57. The Morgan fingerprint density at radius 1 is 0.850 bits per heavy atom. The third kappa shape index (κ3) is 15.7. The first-order valence-electron chi connectivity index (χ1n) is 25.0. The fraction of sp³-hybridized carbons (Fsp3) is 0.509. The van der Waals surface area contributed by atoms with Gasteiger partial charge in [0.2, 0.25) is 11.8 Å². The van der Waals surface area contributed by atoms with Crippen LogP contribution in [0.1, 0.15) is 56.4 Å². The number of carbonyl (C=O) groups excluding carboxylic acids is 4. The molecule has 4 aromatic rings. The normalized spacial score (nSPS) is 16.9. The molecular weight excluding hydrogens is 1080 g/mol. The molecule has 27 heteroatoms. The summed E-state index contributed by atoms with van der Waals surface area (Å²) >= 11 is 0. The third-order valence-corrected chi connectivity index (χ3v) is 14.2. The van der Waals surface area contributed by atoms with Gasteiger partial charge >= 0.3 is 24.4 Å². The summed E-state index contributed by atoms with van der Waals surface area (Å²) in [5, 5.41) is 20.7. The van der Waals surface area contributed by atoms with Crippen LogP contribution in [0, 0.1) is 40.2 Å². The fourth-order valence-corrected chi connectivity index (χ4v) is 8.90. The summed E-state index contributed by atoms with van der Waals surface area (Å²) in [6.07, 6.45) is -15.6. The maximum Gasteiger partial charge on any atom is 0.407 e. The molecule has 4 N–H and O–H groups in total. The second kappa shape index (κ2) is 26.1. The van der Waals surface area contributed by atoms with Crippen LogP contribution in [-0.2, 0) is 48.1 Å². The third-order valence-electron chi connectivity index (χ3n) is 14.2. The molecule has 0 spiro atoms. The van der Waals surface area contributed by atoms with Gasteiger partial charge in [0.25, 0.3) is 6.43 Å². The topological polar surface area (TPSA) is 193 Å². The Balaban J connectivity index is 1.33. The predicted molar refractivity (Wildman–Crippen MR) is 268 cm³/mol. The van der Waals surface area contributed by atoms with Crippen molar-refractivity contribution in [2.45, 2.75) is 96.6 Å². The SMILES string of the molecule is COC(=O)C[C@H](C(=O)NN(Cc1c(F)cc(-c2ccn(CC(F)F)n2)cc1F)C[C@H](O)[C@H](Cc1ccc(C#Cc2ccc(N3CCN4CCOC[C@H]4C3)nc2)cc1)NC(=O)[C@@H](NC(=O)OC)C(C)(C)C(F)(F)F)C(C)(C)C(F)(F)F. The number of alkyl carbamates (subject to hydrolysis) is 1. The minimum Gasteiger partial charge on any atom is -0.469 e. The number of aromatic nitrogens is 3. The smallest absolute Gasteiger partial charge is 0.407 e. The van der Waals surface area contributed by atoms with E-state index in [4.69, 9.17) is 4.74 Å². The number of benzene rings is 2. The lowest BCUT2D eigenvalue weighted by molar-refractivity contribution is -0.231. The van der Waals surface area contributed by atoms with Crippen LogP contribution in [0.5, 0.6) is 0 Å². The summed E-state index contributed by atoms with van der Waals surface area (Å²) in [5.74, 6) is -2.61. The number of hydrazine groups is 1. The number of methoxy groups -OCH3 is 2. The summed E-state index contributed by atoms with van der Waals surface area (Å²) < 4.78 is 161. The summed E-state index contributed by atoms with van der Waals surface area (Å²) in [5.41, 5.74) is -3.89. The molecule has 0 bridgehead atoms. The molecule has 2 fully saturated rings. The first kappa shape index (κ1) is 62.2. The number of hydrogen-bond donors (Lipinski definition) is 4. The van der Waals surface area contributed by atoms with Crippen molar-refractivity contribution in [1.29, 1.82) is 0 Å². The Labute approximate surface area is 454 Å². The number of amides is 3. The van der Waals surface area contributed by atoms with Gasteiger partial charge in [0.05, 0.1) is 74.5 Å². The Morgan fingerprint density at radius 2 is 1.50 bits per heavy atom. The zero-order valence-corrected chi connectivity index (χ0v) is 44.4. The van der Waals surface area contributed by atoms with E-state index >= 15 is 8.78 Å². The van der Waals surface area contributed by atoms with Crippen LogP contribution in [0.4, 0.5) is 54.5 Å². The lowest BCUT2D eigenvalue weighted by Gasteiger charge is -2.44. The van der Waals surface area contributed by atoms with E-state index in [1.54, 1.807) is 18.3 Å². The van der Waals surface area contributed by atoms with Crippen LogP contribution >= 0.6 is 0 Å². The lowest BCUT2D eigenvalue weighted by atomic mass is 9.75. The van der Waals surface area contributed by atoms with E-state index in [0.29, 0.717) is 57.0 Å². The van der Waals surface area contributed by atoms with E-state index in [0.717, 1.165) is 69.2 Å². The summed E-state index contributed by atoms with van der Waals surface area (Å²) in [4.78, 5) is 62.2. The number of alkyl halides is 8. The van der Waals surface area contributed by atoms with Gasteiger partial charge in [0, 0.05) is 73.9 Å². The molecule has 3 amide bonds. The van der Waals surface area contributed by atoms with Gasteiger partial charge in [0.1, 0.15) is 30.0 Å². The number of esters is 1. The Morgan fingerprint density at radius 3 is 2.10 bits per heavy atom. The largest absolute Gasteiger partial charge is 0.469 e. The van der Waals surface area contributed by atoms with E-state index < -0.39 is 127 Å². The molecule has 0 aliphatic carbocycles. The number of hydrogen-bond acceptors (Lipinski definition) is 13. The van der Waals surface area contributed by atoms with Crippen molar-refractivity contribution in [3.05, 3.63) is 101 Å². The van der Waals surface area contributed by atoms with E-state index in [1.807, 2.05) is 17.4 Å². The second-order valence-corrected chi connectivity index (χ2v) is 20.4. The Kier molecular flexibility index (Phi) is 20.3. The zero-order valence-electron chi connectivity index (χ0n) is 44.4. The molecule has 17 nitrogen and oxygen atoms in total. The number of rotatable bonds is 20. The number of anilines is 1. The monoisotopic (exact) mass is 1140 g/mol. The Bertz CT molecular complexity index is 2830. The van der Waals surface area contributed by atoms with Gasteiger partial charge < -0.3 is 34.9 Å². The number of nitrogens with one attached hydrogen (secondary N) is 3. The molecular formula is C53H61F10N9O8. The fourth-order valence-electron chi connectivity index (χ4n) is 8.90. The highest BCUT2D eigenvalue weighted by molar-refractivity contribution is 5.87. The van der Waals surface area contributed by atoms with Crippen molar-refractivity contribution in [2.75, 3.05) is 65.1 Å². The van der Waals surface area contributed by atoms with Gasteiger partial charge in [-0.05, 0) is 68.3 Å². The van der Waals surface area contributed by atoms with Crippen LogP contribution < -0.4 is 21.0 Å². The van der Waals surface area contributed by atoms with Crippen molar-refractivity contribution in [3.8, 4) is 23.1 Å². The zero-order chi connectivity index (χ0) is 58.9. The van der Waals surface area contributed by atoms with Gasteiger partial charge in [-0.2, -0.15) is 31.4 Å². The molecule has 80 heavy (non-hydrogen) atoms. The number of aliphatic hydroxyl groups is 1. The standard InChI is InChI=1S/C53H61F10N9O8/c1-50(2,52(58,59)60)37(24-45(74)78-5)47(75)68-72(27-36-38(54)22-34(23-39(36)55)40-15-16-71(67-40)29-43(56)57)28-42(73)41(65-48(76)46(66-49(77)79-6)51(3,4)53(61,62)63)21-32-10-7-31(8-11-32)9-12-33-13-14-44(64-25-33)70-18-17-69-19-20-80-30-35(69)26-70/h7-8,10-11,13-16,22-23,25,35,37,41-43,46,73H,17-21,24,26-30H2,1-6H3,(H,65,76)(H,66,77)(H,68,75)/t35-,37-,41+,42+,46-/m1/s1. The van der Waals surface area contributed by atoms with Crippen molar-refractivity contribution >= 4 is 29.7 Å². The average molecular weight is 1140 g/mol. The minimum absolute atomic E-state index is 0.148. The number of halogens is 10. The maximum atomic E-state index is 16.1. The highest BCUT2D eigenvalue weighted by atomic mass is 19.4. The molecule has 2 saturated heterocycles. The summed E-state index contributed by atoms with van der Waals surface area (Å²) in [7, 11) is 1.67. The Hall–Kier alpha value is -7.02. The minimum atomic E-state index is -5.17. The maximum absolute atomic E-state index is 16.1. The van der Waals surface area contributed by atoms with Crippen LogP contribution in [0.25, 0.3) is 11.3 Å². The van der Waals surface area contributed by atoms with Gasteiger partial charge in [-0.3, -0.25) is 29.4 Å². The van der Waals surface area contributed by atoms with Crippen LogP contribution in [0.2, 0.25) is 0 Å². The molecule has 0 radical (unpaired) electrons. The average Bonchev–Trinajstić information content (AvgIpc) is 3.88. The molecule has 0 saturated carbocycles. The van der Waals surface area contributed by atoms with Crippen molar-refractivity contribution in [2.24, 2.45) is 16.7 Å². The quantitative estimate of drug-likeness (QED) is 0.0329. The molecule has 2 aromatic carbocycles. The van der Waals surface area contributed by atoms with Gasteiger partial charge in [-0.1, -0.05) is 37.8 Å². The number of pyridine rings is 1. The molecule has 2 aliphatic heterocycles. The number of aliphatic hydroxyl groups excluding tert-OH is 1. The highest BCUT2D eigenvalue weighted by Crippen LogP contribution is 2.45. The molecule has 5 atom stereocenters. The number of fused-ring (bicyclic) bond motifs is 1. The van der Waals surface area contributed by atoms with E-state index in [9.17, 15) is 59.4 Å². The number of piperazine rings is 1. The number of carbonyl (C=O) groups is 4. The molecule has 6 rings (SSSR count).